The quantitative estimate of drug-likeness (QED) is 0.263. The van der Waals surface area contributed by atoms with E-state index in [1.165, 1.54) is 30.5 Å². The lowest BCUT2D eigenvalue weighted by Gasteiger charge is -2.28. The van der Waals surface area contributed by atoms with Crippen LogP contribution in [0.15, 0.2) is 90.2 Å². The van der Waals surface area contributed by atoms with Gasteiger partial charge in [0.2, 0.25) is 0 Å². The molecule has 0 saturated carbocycles. The van der Waals surface area contributed by atoms with Crippen LogP contribution >= 0.6 is 0 Å². The first kappa shape index (κ1) is 30.6. The van der Waals surface area contributed by atoms with Gasteiger partial charge >= 0.3 is 0 Å². The van der Waals surface area contributed by atoms with Crippen LogP contribution in [0, 0.1) is 6.92 Å². The van der Waals surface area contributed by atoms with Crippen LogP contribution in [-0.4, -0.2) is 56.0 Å². The van der Waals surface area contributed by atoms with Crippen LogP contribution < -0.4 is 20.9 Å². The molecule has 3 aliphatic heterocycles. The van der Waals surface area contributed by atoms with E-state index in [-0.39, 0.29) is 5.91 Å². The number of nitrogens with one attached hydrogen (secondary N) is 3. The summed E-state index contributed by atoms with van der Waals surface area (Å²) in [6, 6.07) is 22.8. The highest BCUT2D eigenvalue weighted by Crippen LogP contribution is 2.30. The Morgan fingerprint density at radius 3 is 2.44 bits per heavy atom. The third-order valence-corrected chi connectivity index (χ3v) is 8.99. The third kappa shape index (κ3) is 7.47. The van der Waals surface area contributed by atoms with Crippen molar-refractivity contribution in [3.63, 3.8) is 0 Å². The summed E-state index contributed by atoms with van der Waals surface area (Å²) in [6.07, 6.45) is 7.85. The van der Waals surface area contributed by atoms with E-state index in [0.29, 0.717) is 17.4 Å². The molecule has 0 bridgehead atoms. The topological polar surface area (TPSA) is 81.2 Å². The van der Waals surface area contributed by atoms with Crippen molar-refractivity contribution < 1.29 is 9.53 Å². The molecule has 1 amide bonds. The highest BCUT2D eigenvalue weighted by Gasteiger charge is 2.20. The van der Waals surface area contributed by atoms with E-state index >= 15 is 0 Å². The van der Waals surface area contributed by atoms with Crippen LogP contribution in [0.25, 0.3) is 5.70 Å². The Kier molecular flexibility index (Phi) is 9.62. The van der Waals surface area contributed by atoms with E-state index in [9.17, 15) is 4.79 Å². The zero-order valence-electron chi connectivity index (χ0n) is 26.4. The largest absolute Gasteiger partial charge is 0.381 e. The summed E-state index contributed by atoms with van der Waals surface area (Å²) in [5.74, 6) is 0.562. The highest BCUT2D eigenvalue weighted by atomic mass is 16.5. The number of ether oxygens (including phenoxy) is 1. The van der Waals surface area contributed by atoms with Gasteiger partial charge in [0.1, 0.15) is 0 Å². The molecule has 2 fully saturated rings. The maximum Gasteiger partial charge on any atom is 0.255 e. The molecule has 3 aromatic rings. The lowest BCUT2D eigenvalue weighted by atomic mass is 10.0. The van der Waals surface area contributed by atoms with Crippen molar-refractivity contribution in [2.24, 2.45) is 4.99 Å². The molecule has 0 atom stereocenters. The number of amidine groups is 1. The third-order valence-electron chi connectivity index (χ3n) is 8.99. The van der Waals surface area contributed by atoms with Gasteiger partial charge in [-0.2, -0.15) is 0 Å². The molecule has 0 spiro atoms. The zero-order chi connectivity index (χ0) is 31.2. The van der Waals surface area contributed by atoms with Crippen molar-refractivity contribution in [1.82, 2.24) is 10.2 Å². The first-order valence-electron chi connectivity index (χ1n) is 16.1. The van der Waals surface area contributed by atoms with Crippen LogP contribution in [0.3, 0.4) is 0 Å². The van der Waals surface area contributed by atoms with E-state index in [2.05, 4.69) is 63.8 Å². The van der Waals surface area contributed by atoms with Gasteiger partial charge in [-0.3, -0.25) is 4.79 Å². The van der Waals surface area contributed by atoms with Crippen LogP contribution in [0.2, 0.25) is 0 Å². The first-order valence-corrected chi connectivity index (χ1v) is 16.1. The van der Waals surface area contributed by atoms with E-state index < -0.39 is 0 Å². The predicted molar refractivity (Wildman–Crippen MR) is 185 cm³/mol. The molecule has 8 nitrogen and oxygen atoms in total. The molecule has 3 aliphatic rings. The Morgan fingerprint density at radius 2 is 1.71 bits per heavy atom. The number of nitrogens with zero attached hydrogens (tertiary/aromatic N) is 3. The maximum absolute atomic E-state index is 13.2. The van der Waals surface area contributed by atoms with Crippen LogP contribution in [0.4, 0.5) is 17.1 Å². The lowest BCUT2D eigenvalue weighted by Crippen LogP contribution is -2.34. The van der Waals surface area contributed by atoms with Crippen molar-refractivity contribution in [3.8, 4) is 0 Å². The van der Waals surface area contributed by atoms with Gasteiger partial charge in [-0.15, -0.1) is 0 Å². The average Bonchev–Trinajstić information content (AvgIpc) is 3.08. The second kappa shape index (κ2) is 14.1. The second-order valence-electron chi connectivity index (χ2n) is 12.1. The zero-order valence-corrected chi connectivity index (χ0v) is 26.4. The fourth-order valence-corrected chi connectivity index (χ4v) is 6.10. The molecule has 0 aromatic heterocycles. The number of carbonyl (C=O) groups is 1. The molecule has 3 heterocycles. The number of piperidine rings is 1. The van der Waals surface area contributed by atoms with Gasteiger partial charge in [0.25, 0.3) is 5.91 Å². The Bertz CT molecular complexity index is 1570. The summed E-state index contributed by atoms with van der Waals surface area (Å²) in [6.45, 7) is 10.9. The minimum absolute atomic E-state index is 0.124. The minimum atomic E-state index is -0.124. The van der Waals surface area contributed by atoms with Gasteiger partial charge in [0.05, 0.1) is 11.4 Å². The van der Waals surface area contributed by atoms with Crippen LogP contribution in [0.1, 0.15) is 59.2 Å². The summed E-state index contributed by atoms with van der Waals surface area (Å²) in [4.78, 5) is 22.6. The number of hydrogen-bond acceptors (Lipinski definition) is 7. The number of carbonyl (C=O) groups excluding carboxylic acids is 1. The van der Waals surface area contributed by atoms with Gasteiger partial charge in [0.15, 0.2) is 5.84 Å². The van der Waals surface area contributed by atoms with Crippen molar-refractivity contribution in [1.29, 1.82) is 0 Å². The van der Waals surface area contributed by atoms with Gasteiger partial charge in [-0.05, 0) is 92.6 Å². The number of hydrogen-bond donors (Lipinski definition) is 3. The van der Waals surface area contributed by atoms with Crippen molar-refractivity contribution in [2.45, 2.75) is 51.6 Å². The molecule has 3 aromatic carbocycles. The first-order chi connectivity index (χ1) is 21.9. The molecule has 0 radical (unpaired) electrons. The van der Waals surface area contributed by atoms with Crippen LogP contribution in [-0.2, 0) is 11.3 Å². The summed E-state index contributed by atoms with van der Waals surface area (Å²) in [7, 11) is 1.97. The SMILES string of the molecule is C=C1C(Nc2ccc(CNC3CCOCC3)cc2)=NC(c2cccc(NC(=O)c3ccc(N4CCCCC4)cc3)c2C)=CN1C. The summed E-state index contributed by atoms with van der Waals surface area (Å²) in [5.41, 5.74) is 8.24. The van der Waals surface area contributed by atoms with Gasteiger partial charge in [-0.25, -0.2) is 4.99 Å². The number of likely N-dealkylation sites (N-methyl/N-ethyl adjacent to an activating group) is 1. The Morgan fingerprint density at radius 1 is 0.978 bits per heavy atom. The highest BCUT2D eigenvalue weighted by molar-refractivity contribution is 6.11. The molecule has 2 saturated heterocycles. The standard InChI is InChI=1S/C37H44N6O2/c1-26-33(8-7-9-34(26)41-37(44)29-12-16-32(17-13-29)43-20-5-4-6-21-43)35-25-42(3)27(2)36(40-35)39-31-14-10-28(11-15-31)24-38-30-18-22-45-23-19-30/h7-17,25,30,38H,2,4-6,18-24H2,1,3H3,(H,39,40)(H,41,44). The normalized spacial score (nSPS) is 17.5. The lowest BCUT2D eigenvalue weighted by molar-refractivity contribution is 0.0776. The second-order valence-corrected chi connectivity index (χ2v) is 12.1. The molecule has 6 rings (SSSR count). The Hall–Kier alpha value is -4.40. The monoisotopic (exact) mass is 604 g/mol. The van der Waals surface area contributed by atoms with Crippen LogP contribution in [0.5, 0.6) is 0 Å². The average molecular weight is 605 g/mol. The smallest absolute Gasteiger partial charge is 0.255 e. The summed E-state index contributed by atoms with van der Waals surface area (Å²) in [5, 5.41) is 10.2. The molecule has 3 N–H and O–H groups in total. The van der Waals surface area contributed by atoms with Gasteiger partial charge < -0.3 is 30.5 Å². The van der Waals surface area contributed by atoms with E-state index in [1.807, 2.05) is 55.4 Å². The minimum Gasteiger partial charge on any atom is -0.381 e. The molecule has 45 heavy (non-hydrogen) atoms. The van der Waals surface area contributed by atoms with Gasteiger partial charge in [0, 0.05) is 80.3 Å². The van der Waals surface area contributed by atoms with Crippen molar-refractivity contribution in [2.75, 3.05) is 48.9 Å². The molecule has 234 valence electrons. The molecular formula is C37H44N6O2. The fraction of sp³-hybridized carbons (Fsp3) is 0.351. The molecular weight excluding hydrogens is 560 g/mol. The molecule has 8 heteroatoms. The Labute approximate surface area is 266 Å². The summed E-state index contributed by atoms with van der Waals surface area (Å²) < 4.78 is 5.46. The molecule has 0 unspecified atom stereocenters. The number of anilines is 3. The summed E-state index contributed by atoms with van der Waals surface area (Å²) >= 11 is 0. The Balaban J connectivity index is 1.12. The number of rotatable bonds is 8. The van der Waals surface area contributed by atoms with E-state index in [0.717, 1.165) is 79.6 Å². The van der Waals surface area contributed by atoms with E-state index in [1.54, 1.807) is 0 Å². The van der Waals surface area contributed by atoms with Crippen molar-refractivity contribution >= 4 is 34.5 Å². The van der Waals surface area contributed by atoms with Gasteiger partial charge in [-0.1, -0.05) is 30.8 Å². The predicted octanol–water partition coefficient (Wildman–Crippen LogP) is 6.77. The van der Waals surface area contributed by atoms with Crippen molar-refractivity contribution in [3.05, 3.63) is 107 Å². The van der Waals surface area contributed by atoms with E-state index in [4.69, 9.17) is 9.73 Å². The number of amides is 1. The number of benzene rings is 3. The fourth-order valence-electron chi connectivity index (χ4n) is 6.10. The molecule has 0 aliphatic carbocycles. The maximum atomic E-state index is 13.2. The number of aliphatic imine (C=N–C) groups is 1.